The first-order valence-corrected chi connectivity index (χ1v) is 12.8. The number of aliphatic hydroxyl groups is 2. The molecule has 0 amide bonds. The summed E-state index contributed by atoms with van der Waals surface area (Å²) in [5.74, 6) is 0. The SMILES string of the molecule is CC(O)CC(C)O.[Ir].[c-]1ccccc1[C@]1(c2[c-]c(-c3ccccn3)ccc2)c2ccccc2-c2cccnc21. The summed E-state index contributed by atoms with van der Waals surface area (Å²) in [4.78, 5) is 9.47. The van der Waals surface area contributed by atoms with Crippen molar-refractivity contribution in [3.63, 3.8) is 0 Å². The predicted octanol–water partition coefficient (Wildman–Crippen LogP) is 6.24. The van der Waals surface area contributed by atoms with E-state index in [0.717, 1.165) is 33.6 Å². The molecule has 0 saturated carbocycles. The fourth-order valence-corrected chi connectivity index (χ4v) is 5.26. The fraction of sp³-hybridized carbons (Fsp3) is 0.176. The Morgan fingerprint density at radius 2 is 1.41 bits per heavy atom. The first-order valence-electron chi connectivity index (χ1n) is 12.8. The van der Waals surface area contributed by atoms with Gasteiger partial charge in [0.25, 0.3) is 0 Å². The van der Waals surface area contributed by atoms with Crippen LogP contribution in [0.2, 0.25) is 0 Å². The molecule has 1 radical (unpaired) electrons. The van der Waals surface area contributed by atoms with Gasteiger partial charge >= 0.3 is 0 Å². The van der Waals surface area contributed by atoms with Crippen molar-refractivity contribution in [3.8, 4) is 22.4 Å². The van der Waals surface area contributed by atoms with E-state index in [9.17, 15) is 0 Å². The van der Waals surface area contributed by atoms with Crippen LogP contribution >= 0.6 is 0 Å². The largest absolute Gasteiger partial charge is 0.393 e. The number of pyridine rings is 2. The Morgan fingerprint density at radius 3 is 2.10 bits per heavy atom. The van der Waals surface area contributed by atoms with Gasteiger partial charge in [-0.25, -0.2) is 0 Å². The van der Waals surface area contributed by atoms with Crippen LogP contribution in [-0.2, 0) is 25.5 Å². The van der Waals surface area contributed by atoms with E-state index in [1.807, 2.05) is 48.8 Å². The zero-order chi connectivity index (χ0) is 26.5. The normalized spacial score (nSPS) is 16.5. The Morgan fingerprint density at radius 1 is 0.718 bits per heavy atom. The van der Waals surface area contributed by atoms with Gasteiger partial charge in [0, 0.05) is 43.5 Å². The van der Waals surface area contributed by atoms with E-state index >= 15 is 0 Å². The van der Waals surface area contributed by atoms with Gasteiger partial charge in [0.2, 0.25) is 0 Å². The fourth-order valence-electron chi connectivity index (χ4n) is 5.26. The Hall–Kier alpha value is -3.47. The predicted molar refractivity (Wildman–Crippen MR) is 150 cm³/mol. The van der Waals surface area contributed by atoms with E-state index in [2.05, 4.69) is 77.8 Å². The van der Waals surface area contributed by atoms with Crippen LogP contribution < -0.4 is 0 Å². The third-order valence-corrected chi connectivity index (χ3v) is 6.72. The molecule has 1 aliphatic rings. The van der Waals surface area contributed by atoms with Crippen molar-refractivity contribution in [2.75, 3.05) is 0 Å². The van der Waals surface area contributed by atoms with Crippen molar-refractivity contribution in [2.45, 2.75) is 37.9 Å². The van der Waals surface area contributed by atoms with E-state index in [-0.39, 0.29) is 32.3 Å². The third-order valence-electron chi connectivity index (χ3n) is 6.72. The molecule has 0 aliphatic heterocycles. The maximum Gasteiger partial charge on any atom is 0.0639 e. The topological polar surface area (TPSA) is 66.2 Å². The molecular formula is C34H30IrN2O2-2. The first kappa shape index (κ1) is 28.5. The van der Waals surface area contributed by atoms with E-state index in [1.165, 1.54) is 11.1 Å². The molecule has 5 aromatic rings. The van der Waals surface area contributed by atoms with Crippen molar-refractivity contribution < 1.29 is 30.3 Å². The summed E-state index contributed by atoms with van der Waals surface area (Å²) in [7, 11) is 0. The van der Waals surface area contributed by atoms with Crippen LogP contribution in [0.3, 0.4) is 0 Å². The third kappa shape index (κ3) is 5.63. The molecule has 0 spiro atoms. The van der Waals surface area contributed by atoms with Crippen molar-refractivity contribution in [1.29, 1.82) is 0 Å². The summed E-state index contributed by atoms with van der Waals surface area (Å²) in [5.41, 5.74) is 8.00. The molecule has 2 unspecified atom stereocenters. The van der Waals surface area contributed by atoms with Gasteiger partial charge in [-0.1, -0.05) is 42.5 Å². The van der Waals surface area contributed by atoms with Gasteiger partial charge in [0.05, 0.1) is 17.9 Å². The van der Waals surface area contributed by atoms with Crippen molar-refractivity contribution in [3.05, 3.63) is 144 Å². The molecule has 0 bridgehead atoms. The van der Waals surface area contributed by atoms with Gasteiger partial charge in [-0.2, -0.15) is 30.3 Å². The van der Waals surface area contributed by atoms with Gasteiger partial charge in [-0.05, 0) is 49.2 Å². The standard InChI is InChI=1S/C29H18N2.C5H12O2.Ir/c1-2-11-22(12-3-1)29(23-13-8-10-21(20-23)27-17-6-7-18-30-27)26-16-5-4-14-24(26)25-15-9-19-31-28(25)29;1-4(6)3-5(2)7;/h1-11,13-19H;4-7H,3H2,1-2H3;/q-2;;/t29-;;/m0../s1. The number of fused-ring (bicyclic) bond motifs is 3. The van der Waals surface area contributed by atoms with E-state index in [4.69, 9.17) is 15.2 Å². The average molecular weight is 691 g/mol. The van der Waals surface area contributed by atoms with Crippen molar-refractivity contribution in [1.82, 2.24) is 9.97 Å². The number of nitrogens with zero attached hydrogens (tertiary/aromatic N) is 2. The van der Waals surface area contributed by atoms with Crippen LogP contribution in [0, 0.1) is 12.1 Å². The molecule has 6 rings (SSSR count). The number of rotatable bonds is 5. The smallest absolute Gasteiger partial charge is 0.0639 e. The zero-order valence-corrected chi connectivity index (χ0v) is 24.3. The van der Waals surface area contributed by atoms with Gasteiger partial charge in [-0.3, -0.25) is 4.98 Å². The number of benzene rings is 3. The van der Waals surface area contributed by atoms with E-state index < -0.39 is 5.41 Å². The summed E-state index contributed by atoms with van der Waals surface area (Å²) in [5, 5.41) is 17.1. The molecule has 2 N–H and O–H groups in total. The first-order chi connectivity index (χ1) is 18.5. The van der Waals surface area contributed by atoms with Crippen LogP contribution in [-0.4, -0.2) is 32.4 Å². The molecule has 39 heavy (non-hydrogen) atoms. The molecule has 2 heterocycles. The Labute approximate surface area is 243 Å². The van der Waals surface area contributed by atoms with Crippen LogP contribution in [0.25, 0.3) is 22.4 Å². The molecule has 2 aromatic heterocycles. The Kier molecular flexibility index (Phi) is 9.21. The maximum absolute atomic E-state index is 8.56. The molecule has 0 fully saturated rings. The van der Waals surface area contributed by atoms with Crippen molar-refractivity contribution >= 4 is 0 Å². The molecule has 5 heteroatoms. The van der Waals surface area contributed by atoms with Gasteiger partial charge in [-0.15, -0.1) is 41.0 Å². The number of aliphatic hydroxyl groups excluding tert-OH is 2. The second-order valence-electron chi connectivity index (χ2n) is 9.60. The number of hydrogen-bond donors (Lipinski definition) is 2. The number of aromatic nitrogens is 2. The summed E-state index contributed by atoms with van der Waals surface area (Å²) < 4.78 is 0. The van der Waals surface area contributed by atoms with E-state index in [0.29, 0.717) is 6.42 Å². The summed E-state index contributed by atoms with van der Waals surface area (Å²) >= 11 is 0. The molecule has 3 aromatic carbocycles. The van der Waals surface area contributed by atoms with Crippen LogP contribution in [0.4, 0.5) is 0 Å². The Balaban J connectivity index is 0.000000394. The van der Waals surface area contributed by atoms with Gasteiger partial charge in [0.1, 0.15) is 0 Å². The van der Waals surface area contributed by atoms with Crippen LogP contribution in [0.5, 0.6) is 0 Å². The monoisotopic (exact) mass is 691 g/mol. The Bertz CT molecular complexity index is 1450. The molecule has 199 valence electrons. The molecular weight excluding hydrogens is 661 g/mol. The summed E-state index contributed by atoms with van der Waals surface area (Å²) in [6, 6.07) is 40.4. The maximum atomic E-state index is 8.56. The minimum atomic E-state index is -0.584. The van der Waals surface area contributed by atoms with Gasteiger partial charge in [0.15, 0.2) is 0 Å². The van der Waals surface area contributed by atoms with Crippen LogP contribution in [0.15, 0.2) is 109 Å². The van der Waals surface area contributed by atoms with Gasteiger partial charge < -0.3 is 15.2 Å². The second-order valence-corrected chi connectivity index (χ2v) is 9.60. The van der Waals surface area contributed by atoms with Crippen LogP contribution in [0.1, 0.15) is 42.7 Å². The quantitative estimate of drug-likeness (QED) is 0.210. The summed E-state index contributed by atoms with van der Waals surface area (Å²) in [6.07, 6.45) is 3.42. The minimum Gasteiger partial charge on any atom is -0.393 e. The zero-order valence-electron chi connectivity index (χ0n) is 21.9. The molecule has 1 aliphatic carbocycles. The van der Waals surface area contributed by atoms with E-state index in [1.54, 1.807) is 13.8 Å². The summed E-state index contributed by atoms with van der Waals surface area (Å²) in [6.45, 7) is 3.32. The second kappa shape index (κ2) is 12.6. The molecule has 3 atom stereocenters. The average Bonchev–Trinajstić information content (AvgIpc) is 3.25. The van der Waals surface area contributed by atoms with Crippen molar-refractivity contribution in [2.24, 2.45) is 0 Å². The number of hydrogen-bond acceptors (Lipinski definition) is 4. The molecule has 0 saturated heterocycles. The molecule has 4 nitrogen and oxygen atoms in total. The minimum absolute atomic E-state index is 0.